The lowest BCUT2D eigenvalue weighted by molar-refractivity contribution is -0.132. The van der Waals surface area contributed by atoms with E-state index >= 15 is 0 Å². The van der Waals surface area contributed by atoms with Crippen LogP contribution in [0.15, 0.2) is 12.1 Å². The number of hydrogen-bond donors (Lipinski definition) is 2. The summed E-state index contributed by atoms with van der Waals surface area (Å²) in [4.78, 5) is 12.1. The van der Waals surface area contributed by atoms with Crippen molar-refractivity contribution in [1.82, 2.24) is 5.32 Å². The van der Waals surface area contributed by atoms with Crippen molar-refractivity contribution in [2.24, 2.45) is 5.73 Å². The van der Waals surface area contributed by atoms with E-state index in [1.54, 1.807) is 6.07 Å². The minimum absolute atomic E-state index is 0. The molecule has 6 nitrogen and oxygen atoms in total. The molecule has 1 amide bonds. The van der Waals surface area contributed by atoms with Gasteiger partial charge in [0, 0.05) is 19.5 Å². The van der Waals surface area contributed by atoms with Gasteiger partial charge in [-0.15, -0.1) is 12.4 Å². The zero-order chi connectivity index (χ0) is 16.2. The first-order chi connectivity index (χ1) is 11.2. The third kappa shape index (κ3) is 4.45. The van der Waals surface area contributed by atoms with Gasteiger partial charge in [0.25, 0.3) is 0 Å². The van der Waals surface area contributed by atoms with Crippen molar-refractivity contribution in [3.8, 4) is 11.5 Å². The molecule has 2 heterocycles. The Balaban J connectivity index is 0.00000208. The third-order valence-corrected chi connectivity index (χ3v) is 4.27. The second-order valence-corrected chi connectivity index (χ2v) is 6.14. The molecule has 2 aliphatic rings. The molecule has 0 aromatic heterocycles. The van der Waals surface area contributed by atoms with Crippen LogP contribution in [0, 0.1) is 0 Å². The predicted octanol–water partition coefficient (Wildman–Crippen LogP) is 2.05. The summed E-state index contributed by atoms with van der Waals surface area (Å²) >= 11 is 6.24. The number of hydrogen-bond acceptors (Lipinski definition) is 5. The van der Waals surface area contributed by atoms with Gasteiger partial charge >= 0.3 is 0 Å². The van der Waals surface area contributed by atoms with Gasteiger partial charge in [-0.3, -0.25) is 4.79 Å². The molecule has 3 N–H and O–H groups in total. The Labute approximate surface area is 152 Å². The van der Waals surface area contributed by atoms with Crippen LogP contribution in [0.4, 0.5) is 0 Å². The molecule has 8 heteroatoms. The summed E-state index contributed by atoms with van der Waals surface area (Å²) < 4.78 is 16.8. The predicted molar refractivity (Wildman–Crippen MR) is 93.1 cm³/mol. The molecule has 1 aromatic rings. The van der Waals surface area contributed by atoms with Crippen LogP contribution in [0.2, 0.25) is 5.02 Å². The van der Waals surface area contributed by atoms with E-state index in [0.29, 0.717) is 49.2 Å². The first kappa shape index (κ1) is 19.1. The lowest BCUT2D eigenvalue weighted by atomic mass is 10.1. The third-order valence-electron chi connectivity index (χ3n) is 3.99. The molecule has 0 radical (unpaired) electrons. The molecular weight excluding hydrogens is 355 g/mol. The zero-order valence-electron chi connectivity index (χ0n) is 13.3. The molecule has 24 heavy (non-hydrogen) atoms. The highest BCUT2D eigenvalue weighted by Gasteiger charge is 2.29. The molecule has 0 spiro atoms. The van der Waals surface area contributed by atoms with Gasteiger partial charge in [-0.1, -0.05) is 11.6 Å². The van der Waals surface area contributed by atoms with Crippen LogP contribution in [-0.2, 0) is 16.1 Å². The molecule has 1 aromatic carbocycles. The number of rotatable bonds is 4. The summed E-state index contributed by atoms with van der Waals surface area (Å²) in [5.41, 5.74) is 6.42. The Morgan fingerprint density at radius 1 is 1.29 bits per heavy atom. The monoisotopic (exact) mass is 376 g/mol. The standard InChI is InChI=1S/C16H21ClN2O4.ClH/c17-12-6-10(7-14-15(12)22-5-1-4-21-14)9-19-16(20)13-3-2-11(8-18)23-13;/h6-7,11,13H,1-5,8-9,18H2,(H,19,20);1H/t11-,13+;/m1./s1. The average Bonchev–Trinajstić information content (AvgIpc) is 2.91. The lowest BCUT2D eigenvalue weighted by Gasteiger charge is -2.14. The number of halogens is 2. The van der Waals surface area contributed by atoms with Gasteiger partial charge in [-0.2, -0.15) is 0 Å². The van der Waals surface area contributed by atoms with Crippen LogP contribution in [0.25, 0.3) is 0 Å². The van der Waals surface area contributed by atoms with Crippen molar-refractivity contribution in [3.05, 3.63) is 22.7 Å². The molecule has 0 aliphatic carbocycles. The molecule has 134 valence electrons. The number of ether oxygens (including phenoxy) is 3. The maximum Gasteiger partial charge on any atom is 0.249 e. The quantitative estimate of drug-likeness (QED) is 0.839. The second kappa shape index (κ2) is 8.76. The average molecular weight is 377 g/mol. The molecule has 2 aliphatic heterocycles. The Bertz CT molecular complexity index is 585. The molecule has 0 unspecified atom stereocenters. The van der Waals surface area contributed by atoms with Gasteiger partial charge in [-0.05, 0) is 30.5 Å². The first-order valence-electron chi connectivity index (χ1n) is 7.88. The number of amides is 1. The van der Waals surface area contributed by atoms with Gasteiger partial charge in [-0.25, -0.2) is 0 Å². The summed E-state index contributed by atoms with van der Waals surface area (Å²) in [7, 11) is 0. The highest BCUT2D eigenvalue weighted by atomic mass is 35.5. The summed E-state index contributed by atoms with van der Waals surface area (Å²) in [6.45, 7) is 1.99. The van der Waals surface area contributed by atoms with E-state index in [0.717, 1.165) is 18.4 Å². The number of benzene rings is 1. The van der Waals surface area contributed by atoms with E-state index in [2.05, 4.69) is 5.32 Å². The second-order valence-electron chi connectivity index (χ2n) is 5.73. The van der Waals surface area contributed by atoms with Crippen molar-refractivity contribution in [2.75, 3.05) is 19.8 Å². The number of fused-ring (bicyclic) bond motifs is 1. The number of nitrogens with one attached hydrogen (secondary N) is 1. The van der Waals surface area contributed by atoms with Crippen LogP contribution in [0.3, 0.4) is 0 Å². The largest absolute Gasteiger partial charge is 0.489 e. The van der Waals surface area contributed by atoms with E-state index in [1.165, 1.54) is 0 Å². The Morgan fingerprint density at radius 3 is 2.83 bits per heavy atom. The smallest absolute Gasteiger partial charge is 0.249 e. The van der Waals surface area contributed by atoms with Gasteiger partial charge in [0.15, 0.2) is 11.5 Å². The van der Waals surface area contributed by atoms with Crippen molar-refractivity contribution >= 4 is 29.9 Å². The summed E-state index contributed by atoms with van der Waals surface area (Å²) in [5.74, 6) is 1.08. The molecule has 3 rings (SSSR count). The van der Waals surface area contributed by atoms with E-state index < -0.39 is 6.10 Å². The summed E-state index contributed by atoms with van der Waals surface area (Å²) in [6, 6.07) is 3.64. The maximum absolute atomic E-state index is 12.1. The van der Waals surface area contributed by atoms with Crippen molar-refractivity contribution in [2.45, 2.75) is 38.0 Å². The van der Waals surface area contributed by atoms with Crippen LogP contribution in [-0.4, -0.2) is 37.9 Å². The highest BCUT2D eigenvalue weighted by Crippen LogP contribution is 2.38. The molecule has 1 fully saturated rings. The fourth-order valence-electron chi connectivity index (χ4n) is 2.76. The van der Waals surface area contributed by atoms with Crippen molar-refractivity contribution in [3.63, 3.8) is 0 Å². The van der Waals surface area contributed by atoms with Crippen LogP contribution in [0.5, 0.6) is 11.5 Å². The molecule has 2 atom stereocenters. The highest BCUT2D eigenvalue weighted by molar-refractivity contribution is 6.32. The summed E-state index contributed by atoms with van der Waals surface area (Å²) in [6.07, 6.45) is 1.91. The number of nitrogens with two attached hydrogens (primary N) is 1. The SMILES string of the molecule is Cl.NC[C@H]1CC[C@@H](C(=O)NCc2cc(Cl)c3c(c2)OCCCO3)O1. The Morgan fingerprint density at radius 2 is 2.08 bits per heavy atom. The van der Waals surface area contributed by atoms with Crippen LogP contribution < -0.4 is 20.5 Å². The van der Waals surface area contributed by atoms with Crippen molar-refractivity contribution in [1.29, 1.82) is 0 Å². The van der Waals surface area contributed by atoms with E-state index in [4.69, 9.17) is 31.5 Å². The number of carbonyl (C=O) groups is 1. The fourth-order valence-corrected chi connectivity index (χ4v) is 3.05. The first-order valence-corrected chi connectivity index (χ1v) is 8.26. The van der Waals surface area contributed by atoms with Gasteiger partial charge < -0.3 is 25.3 Å². The molecule has 1 saturated heterocycles. The Hall–Kier alpha value is -1.21. The normalized spacial score (nSPS) is 22.4. The van der Waals surface area contributed by atoms with E-state index in [1.807, 2.05) is 6.07 Å². The molecule has 0 bridgehead atoms. The van der Waals surface area contributed by atoms with Crippen LogP contribution in [0.1, 0.15) is 24.8 Å². The van der Waals surface area contributed by atoms with Gasteiger partial charge in [0.05, 0.1) is 24.3 Å². The van der Waals surface area contributed by atoms with E-state index in [9.17, 15) is 4.79 Å². The Kier molecular flexibility index (Phi) is 6.98. The summed E-state index contributed by atoms with van der Waals surface area (Å²) in [5, 5.41) is 3.37. The van der Waals surface area contributed by atoms with Crippen molar-refractivity contribution < 1.29 is 19.0 Å². The van der Waals surface area contributed by atoms with E-state index in [-0.39, 0.29) is 24.4 Å². The molecule has 0 saturated carbocycles. The number of carbonyl (C=O) groups excluding carboxylic acids is 1. The maximum atomic E-state index is 12.1. The zero-order valence-corrected chi connectivity index (χ0v) is 14.8. The topological polar surface area (TPSA) is 82.8 Å². The lowest BCUT2D eigenvalue weighted by Crippen LogP contribution is -2.35. The minimum atomic E-state index is -0.417. The minimum Gasteiger partial charge on any atom is -0.489 e. The van der Waals surface area contributed by atoms with Crippen LogP contribution >= 0.6 is 24.0 Å². The van der Waals surface area contributed by atoms with Gasteiger partial charge in [0.1, 0.15) is 6.10 Å². The fraction of sp³-hybridized carbons (Fsp3) is 0.562. The molecular formula is C16H22Cl2N2O4. The van der Waals surface area contributed by atoms with Gasteiger partial charge in [0.2, 0.25) is 5.91 Å².